The lowest BCUT2D eigenvalue weighted by Crippen LogP contribution is -2.31. The molecule has 1 aliphatic rings. The number of carbonyl (C=O) groups is 1. The van der Waals surface area contributed by atoms with Gasteiger partial charge in [-0.1, -0.05) is 18.9 Å². The third kappa shape index (κ3) is 3.26. The van der Waals surface area contributed by atoms with Crippen LogP contribution in [0.3, 0.4) is 0 Å². The van der Waals surface area contributed by atoms with Crippen LogP contribution in [-0.2, 0) is 10.0 Å². The highest BCUT2D eigenvalue weighted by atomic mass is 32.2. The van der Waals surface area contributed by atoms with Crippen molar-refractivity contribution in [2.45, 2.75) is 43.7 Å². The van der Waals surface area contributed by atoms with Crippen LogP contribution in [0.15, 0.2) is 35.7 Å². The summed E-state index contributed by atoms with van der Waals surface area (Å²) < 4.78 is 28.4. The second-order valence-electron chi connectivity index (χ2n) is 5.71. The molecular weight excluding hydrogens is 316 g/mol. The highest BCUT2D eigenvalue weighted by molar-refractivity contribution is 7.90. The van der Waals surface area contributed by atoms with E-state index in [4.69, 9.17) is 0 Å². The molecule has 1 aliphatic carbocycles. The van der Waals surface area contributed by atoms with Gasteiger partial charge in [0.25, 0.3) is 15.9 Å². The van der Waals surface area contributed by atoms with E-state index in [1.54, 1.807) is 29.9 Å². The van der Waals surface area contributed by atoms with Crippen LogP contribution in [0.4, 0.5) is 0 Å². The molecule has 122 valence electrons. The number of sulfonamides is 1. The van der Waals surface area contributed by atoms with E-state index >= 15 is 0 Å². The van der Waals surface area contributed by atoms with Gasteiger partial charge in [0.2, 0.25) is 0 Å². The van der Waals surface area contributed by atoms with E-state index in [-0.39, 0.29) is 10.6 Å². The van der Waals surface area contributed by atoms with Gasteiger partial charge in [-0.25, -0.2) is 9.71 Å². The minimum Gasteiger partial charge on any atom is -0.269 e. The van der Waals surface area contributed by atoms with Crippen molar-refractivity contribution >= 4 is 15.9 Å². The zero-order valence-corrected chi connectivity index (χ0v) is 13.6. The van der Waals surface area contributed by atoms with Crippen molar-refractivity contribution in [2.24, 2.45) is 0 Å². The van der Waals surface area contributed by atoms with Crippen LogP contribution in [0, 0.1) is 6.92 Å². The van der Waals surface area contributed by atoms with Gasteiger partial charge in [0.1, 0.15) is 0 Å². The first-order valence-corrected chi connectivity index (χ1v) is 8.98. The quantitative estimate of drug-likeness (QED) is 0.920. The molecule has 1 fully saturated rings. The van der Waals surface area contributed by atoms with E-state index in [2.05, 4.69) is 14.8 Å². The Hall–Kier alpha value is -2.22. The molecule has 0 unspecified atom stereocenters. The van der Waals surface area contributed by atoms with Crippen LogP contribution in [0.25, 0.3) is 0 Å². The number of aryl methyl sites for hydroxylation is 1. The number of rotatable bonds is 4. The molecule has 0 aliphatic heterocycles. The topological polar surface area (TPSA) is 93.9 Å². The molecule has 0 aromatic carbocycles. The summed E-state index contributed by atoms with van der Waals surface area (Å²) in [5.41, 5.74) is 0.712. The maximum absolute atomic E-state index is 12.3. The summed E-state index contributed by atoms with van der Waals surface area (Å²) in [4.78, 5) is 16.0. The highest BCUT2D eigenvalue weighted by Gasteiger charge is 2.24. The Labute approximate surface area is 134 Å². The van der Waals surface area contributed by atoms with Gasteiger partial charge in [0.05, 0.1) is 17.8 Å². The predicted molar refractivity (Wildman–Crippen MR) is 83.4 cm³/mol. The van der Waals surface area contributed by atoms with E-state index in [9.17, 15) is 13.2 Å². The second-order valence-corrected chi connectivity index (χ2v) is 7.31. The zero-order chi connectivity index (χ0) is 16.4. The van der Waals surface area contributed by atoms with E-state index in [0.717, 1.165) is 25.7 Å². The maximum Gasteiger partial charge on any atom is 0.282 e. The van der Waals surface area contributed by atoms with Crippen LogP contribution < -0.4 is 4.72 Å². The van der Waals surface area contributed by atoms with Crippen LogP contribution in [-0.4, -0.2) is 29.1 Å². The number of amides is 1. The summed E-state index contributed by atoms with van der Waals surface area (Å²) in [6.45, 7) is 1.63. The molecule has 0 saturated heterocycles. The third-order valence-corrected chi connectivity index (χ3v) is 5.40. The SMILES string of the molecule is Cc1cccnc1S(=O)(=O)NC(=O)c1cnn(C2CCCC2)c1. The van der Waals surface area contributed by atoms with Crippen LogP contribution in [0.2, 0.25) is 0 Å². The Morgan fingerprint density at radius 3 is 2.78 bits per heavy atom. The number of carbonyl (C=O) groups excluding carboxylic acids is 1. The van der Waals surface area contributed by atoms with Gasteiger partial charge < -0.3 is 0 Å². The molecule has 0 spiro atoms. The summed E-state index contributed by atoms with van der Waals surface area (Å²) in [7, 11) is -4.00. The van der Waals surface area contributed by atoms with Gasteiger partial charge in [0.15, 0.2) is 5.03 Å². The Bertz CT molecular complexity index is 823. The largest absolute Gasteiger partial charge is 0.282 e. The summed E-state index contributed by atoms with van der Waals surface area (Å²) in [5.74, 6) is -0.695. The fourth-order valence-corrected chi connectivity index (χ4v) is 3.96. The molecule has 1 amide bonds. The standard InChI is InChI=1S/C15H18N4O3S/c1-11-5-4-8-16-15(11)23(21,22)18-14(20)12-9-17-19(10-12)13-6-2-3-7-13/h4-5,8-10,13H,2-3,6-7H2,1H3,(H,18,20). The lowest BCUT2D eigenvalue weighted by Gasteiger charge is -2.09. The molecule has 2 aromatic heterocycles. The normalized spacial score (nSPS) is 15.7. The van der Waals surface area contributed by atoms with Crippen LogP contribution in [0.1, 0.15) is 47.6 Å². The van der Waals surface area contributed by atoms with Crippen molar-refractivity contribution in [3.8, 4) is 0 Å². The van der Waals surface area contributed by atoms with Gasteiger partial charge in [-0.05, 0) is 31.4 Å². The minimum atomic E-state index is -4.00. The lowest BCUT2D eigenvalue weighted by molar-refractivity contribution is 0.0981. The van der Waals surface area contributed by atoms with E-state index in [1.807, 2.05) is 0 Å². The molecule has 1 N–H and O–H groups in total. The first-order valence-electron chi connectivity index (χ1n) is 7.50. The van der Waals surface area contributed by atoms with E-state index in [1.165, 1.54) is 12.4 Å². The molecule has 0 bridgehead atoms. The molecule has 7 nitrogen and oxygen atoms in total. The van der Waals surface area contributed by atoms with Crippen molar-refractivity contribution in [3.63, 3.8) is 0 Å². The molecule has 0 atom stereocenters. The monoisotopic (exact) mass is 334 g/mol. The third-order valence-electron chi connectivity index (χ3n) is 4.01. The highest BCUT2D eigenvalue weighted by Crippen LogP contribution is 2.28. The van der Waals surface area contributed by atoms with Gasteiger partial charge >= 0.3 is 0 Å². The van der Waals surface area contributed by atoms with Gasteiger partial charge in [-0.15, -0.1) is 0 Å². The first-order chi connectivity index (χ1) is 11.0. The van der Waals surface area contributed by atoms with Gasteiger partial charge in [0, 0.05) is 12.4 Å². The first kappa shape index (κ1) is 15.7. The molecule has 3 rings (SSSR count). The fraction of sp³-hybridized carbons (Fsp3) is 0.400. The number of hydrogen-bond donors (Lipinski definition) is 1. The number of nitrogens with one attached hydrogen (secondary N) is 1. The Balaban J connectivity index is 1.77. The molecule has 1 saturated carbocycles. The van der Waals surface area contributed by atoms with Gasteiger partial charge in [-0.2, -0.15) is 13.5 Å². The molecule has 2 heterocycles. The predicted octanol–water partition coefficient (Wildman–Crippen LogP) is 1.82. The second kappa shape index (κ2) is 6.11. The summed E-state index contributed by atoms with van der Waals surface area (Å²) in [5, 5.41) is 4.04. The van der Waals surface area contributed by atoms with Gasteiger partial charge in [-0.3, -0.25) is 9.48 Å². The number of nitrogens with zero attached hydrogens (tertiary/aromatic N) is 3. The summed E-state index contributed by atoms with van der Waals surface area (Å²) in [6, 6.07) is 3.57. The molecule has 0 radical (unpaired) electrons. The average molecular weight is 334 g/mol. The molecular formula is C15H18N4O3S. The maximum atomic E-state index is 12.3. The van der Waals surface area contributed by atoms with Crippen molar-refractivity contribution in [1.82, 2.24) is 19.5 Å². The van der Waals surface area contributed by atoms with Crippen molar-refractivity contribution in [1.29, 1.82) is 0 Å². The van der Waals surface area contributed by atoms with E-state index in [0.29, 0.717) is 11.6 Å². The lowest BCUT2D eigenvalue weighted by atomic mass is 10.2. The number of pyridine rings is 1. The van der Waals surface area contributed by atoms with Crippen LogP contribution in [0.5, 0.6) is 0 Å². The molecule has 8 heteroatoms. The van der Waals surface area contributed by atoms with Crippen molar-refractivity contribution in [2.75, 3.05) is 0 Å². The smallest absolute Gasteiger partial charge is 0.269 e. The Kier molecular flexibility index (Phi) is 4.16. The fourth-order valence-electron chi connectivity index (χ4n) is 2.81. The summed E-state index contributed by atoms with van der Waals surface area (Å²) in [6.07, 6.45) is 8.76. The zero-order valence-electron chi connectivity index (χ0n) is 12.8. The Morgan fingerprint density at radius 2 is 2.09 bits per heavy atom. The summed E-state index contributed by atoms with van der Waals surface area (Å²) >= 11 is 0. The minimum absolute atomic E-state index is 0.142. The molecule has 23 heavy (non-hydrogen) atoms. The van der Waals surface area contributed by atoms with Crippen molar-refractivity contribution < 1.29 is 13.2 Å². The number of hydrogen-bond acceptors (Lipinski definition) is 5. The number of aromatic nitrogens is 3. The van der Waals surface area contributed by atoms with Crippen molar-refractivity contribution in [3.05, 3.63) is 41.9 Å². The van der Waals surface area contributed by atoms with Crippen LogP contribution >= 0.6 is 0 Å². The van der Waals surface area contributed by atoms with E-state index < -0.39 is 15.9 Å². The molecule has 2 aromatic rings. The Morgan fingerprint density at radius 1 is 1.35 bits per heavy atom. The average Bonchev–Trinajstić information content (AvgIpc) is 3.18.